The highest BCUT2D eigenvalue weighted by Crippen LogP contribution is 2.40. The fraction of sp³-hybridized carbons (Fsp3) is 0.867. The van der Waals surface area contributed by atoms with Crippen molar-refractivity contribution in [3.8, 4) is 0 Å². The van der Waals surface area contributed by atoms with Crippen LogP contribution in [0.4, 0.5) is 0 Å². The van der Waals surface area contributed by atoms with Gasteiger partial charge in [-0.1, -0.05) is 12.1 Å². The SMILES string of the molecule is COC1(c2noc(CC3CCNC3)n2)CCC(C)CC1. The summed E-state index contributed by atoms with van der Waals surface area (Å²) in [5, 5.41) is 7.59. The van der Waals surface area contributed by atoms with Crippen LogP contribution in [0.25, 0.3) is 0 Å². The first kappa shape index (κ1) is 14.0. The number of aromatic nitrogens is 2. The molecule has 1 aliphatic heterocycles. The summed E-state index contributed by atoms with van der Waals surface area (Å²) in [4.78, 5) is 4.63. The Hall–Kier alpha value is -0.940. The van der Waals surface area contributed by atoms with E-state index in [0.29, 0.717) is 5.92 Å². The van der Waals surface area contributed by atoms with E-state index in [1.165, 1.54) is 19.3 Å². The molecule has 1 unspecified atom stereocenters. The molecule has 5 heteroatoms. The van der Waals surface area contributed by atoms with Gasteiger partial charge in [0.25, 0.3) is 0 Å². The Kier molecular flexibility index (Phi) is 4.08. The van der Waals surface area contributed by atoms with E-state index in [0.717, 1.165) is 50.0 Å². The van der Waals surface area contributed by atoms with E-state index in [9.17, 15) is 0 Å². The van der Waals surface area contributed by atoms with Crippen molar-refractivity contribution < 1.29 is 9.26 Å². The molecule has 2 fully saturated rings. The number of ether oxygens (including phenoxy) is 1. The average molecular weight is 279 g/mol. The van der Waals surface area contributed by atoms with Gasteiger partial charge in [-0.3, -0.25) is 0 Å². The second-order valence-electron chi connectivity index (χ2n) is 6.46. The Balaban J connectivity index is 1.70. The molecule has 0 amide bonds. The lowest BCUT2D eigenvalue weighted by molar-refractivity contribution is -0.0609. The van der Waals surface area contributed by atoms with Gasteiger partial charge in [0.1, 0.15) is 5.60 Å². The van der Waals surface area contributed by atoms with Gasteiger partial charge in [-0.2, -0.15) is 4.98 Å². The normalized spacial score (nSPS) is 34.5. The molecule has 1 saturated carbocycles. The molecule has 1 aromatic rings. The lowest BCUT2D eigenvalue weighted by atomic mass is 9.79. The summed E-state index contributed by atoms with van der Waals surface area (Å²) in [5.74, 6) is 2.93. The number of rotatable bonds is 4. The zero-order valence-corrected chi connectivity index (χ0v) is 12.5. The van der Waals surface area contributed by atoms with Gasteiger partial charge < -0.3 is 14.6 Å². The Morgan fingerprint density at radius 3 is 2.80 bits per heavy atom. The first-order chi connectivity index (χ1) is 9.72. The van der Waals surface area contributed by atoms with Crippen LogP contribution in [0.15, 0.2) is 4.52 Å². The number of nitrogens with zero attached hydrogens (tertiary/aromatic N) is 2. The number of nitrogens with one attached hydrogen (secondary N) is 1. The van der Waals surface area contributed by atoms with E-state index in [4.69, 9.17) is 9.26 Å². The van der Waals surface area contributed by atoms with Crippen molar-refractivity contribution >= 4 is 0 Å². The van der Waals surface area contributed by atoms with Gasteiger partial charge in [0.15, 0.2) is 0 Å². The average Bonchev–Trinajstić information content (AvgIpc) is 3.13. The zero-order valence-electron chi connectivity index (χ0n) is 12.5. The highest BCUT2D eigenvalue weighted by atomic mass is 16.5. The lowest BCUT2D eigenvalue weighted by Crippen LogP contribution is -2.34. The van der Waals surface area contributed by atoms with Crippen molar-refractivity contribution in [2.75, 3.05) is 20.2 Å². The van der Waals surface area contributed by atoms with E-state index in [1.54, 1.807) is 7.11 Å². The minimum absolute atomic E-state index is 0.317. The first-order valence-corrected chi connectivity index (χ1v) is 7.81. The number of hydrogen-bond acceptors (Lipinski definition) is 5. The van der Waals surface area contributed by atoms with E-state index in [-0.39, 0.29) is 5.60 Å². The quantitative estimate of drug-likeness (QED) is 0.916. The molecule has 2 aliphatic rings. The molecule has 0 radical (unpaired) electrons. The first-order valence-electron chi connectivity index (χ1n) is 7.81. The predicted molar refractivity (Wildman–Crippen MR) is 75.3 cm³/mol. The molecule has 1 aliphatic carbocycles. The molecule has 0 bridgehead atoms. The highest BCUT2D eigenvalue weighted by Gasteiger charge is 2.40. The molecule has 1 N–H and O–H groups in total. The molecule has 1 aromatic heterocycles. The maximum atomic E-state index is 5.80. The van der Waals surface area contributed by atoms with Crippen molar-refractivity contribution in [1.82, 2.24) is 15.5 Å². The summed E-state index contributed by atoms with van der Waals surface area (Å²) in [6, 6.07) is 0. The Labute approximate surface area is 120 Å². The molecule has 0 aromatic carbocycles. The molecule has 112 valence electrons. The smallest absolute Gasteiger partial charge is 0.227 e. The fourth-order valence-electron chi connectivity index (χ4n) is 3.41. The van der Waals surface area contributed by atoms with Crippen LogP contribution in [-0.2, 0) is 16.8 Å². The van der Waals surface area contributed by atoms with Crippen molar-refractivity contribution in [2.45, 2.75) is 51.0 Å². The second-order valence-corrected chi connectivity index (χ2v) is 6.46. The summed E-state index contributed by atoms with van der Waals surface area (Å²) in [6.07, 6.45) is 6.42. The van der Waals surface area contributed by atoms with Crippen LogP contribution in [0.1, 0.15) is 50.7 Å². The molecule has 1 saturated heterocycles. The van der Waals surface area contributed by atoms with Gasteiger partial charge >= 0.3 is 0 Å². The predicted octanol–water partition coefficient (Wildman–Crippen LogP) is 2.27. The largest absolute Gasteiger partial charge is 0.370 e. The third-order valence-corrected chi connectivity index (χ3v) is 4.97. The van der Waals surface area contributed by atoms with Gasteiger partial charge in [0.05, 0.1) is 0 Å². The maximum Gasteiger partial charge on any atom is 0.227 e. The minimum Gasteiger partial charge on any atom is -0.370 e. The van der Waals surface area contributed by atoms with Crippen LogP contribution in [0, 0.1) is 11.8 Å². The van der Waals surface area contributed by atoms with E-state index >= 15 is 0 Å². The Morgan fingerprint density at radius 2 is 2.15 bits per heavy atom. The second kappa shape index (κ2) is 5.82. The fourth-order valence-corrected chi connectivity index (χ4v) is 3.41. The van der Waals surface area contributed by atoms with Crippen LogP contribution < -0.4 is 5.32 Å². The van der Waals surface area contributed by atoms with E-state index in [2.05, 4.69) is 22.4 Å². The van der Waals surface area contributed by atoms with Gasteiger partial charge in [0, 0.05) is 13.5 Å². The van der Waals surface area contributed by atoms with Gasteiger partial charge in [-0.15, -0.1) is 0 Å². The van der Waals surface area contributed by atoms with Crippen LogP contribution in [0.2, 0.25) is 0 Å². The van der Waals surface area contributed by atoms with Crippen molar-refractivity contribution in [3.63, 3.8) is 0 Å². The monoisotopic (exact) mass is 279 g/mol. The highest BCUT2D eigenvalue weighted by molar-refractivity contribution is 5.04. The standard InChI is InChI=1S/C15H25N3O2/c1-11-3-6-15(19-2,7-4-11)14-17-13(20-18-14)9-12-5-8-16-10-12/h11-12,16H,3-10H2,1-2H3. The maximum absolute atomic E-state index is 5.80. The molecule has 1 atom stereocenters. The molecular weight excluding hydrogens is 254 g/mol. The molecule has 0 spiro atoms. The number of methoxy groups -OCH3 is 1. The zero-order chi connectivity index (χ0) is 14.0. The van der Waals surface area contributed by atoms with Crippen molar-refractivity contribution in [1.29, 1.82) is 0 Å². The molecular formula is C15H25N3O2. The Morgan fingerprint density at radius 1 is 1.35 bits per heavy atom. The van der Waals surface area contributed by atoms with Crippen LogP contribution in [-0.4, -0.2) is 30.3 Å². The van der Waals surface area contributed by atoms with Crippen LogP contribution in [0.3, 0.4) is 0 Å². The third-order valence-electron chi connectivity index (χ3n) is 4.97. The van der Waals surface area contributed by atoms with E-state index < -0.39 is 0 Å². The number of hydrogen-bond donors (Lipinski definition) is 1. The van der Waals surface area contributed by atoms with Crippen LogP contribution >= 0.6 is 0 Å². The summed E-state index contributed by atoms with van der Waals surface area (Å²) in [6.45, 7) is 4.46. The lowest BCUT2D eigenvalue weighted by Gasteiger charge is -2.35. The topological polar surface area (TPSA) is 60.2 Å². The summed E-state index contributed by atoms with van der Waals surface area (Å²) < 4.78 is 11.3. The third kappa shape index (κ3) is 2.74. The summed E-state index contributed by atoms with van der Waals surface area (Å²) in [7, 11) is 1.77. The molecule has 3 rings (SSSR count). The molecule has 20 heavy (non-hydrogen) atoms. The van der Waals surface area contributed by atoms with Crippen LogP contribution in [0.5, 0.6) is 0 Å². The minimum atomic E-state index is -0.317. The van der Waals surface area contributed by atoms with E-state index in [1.807, 2.05) is 0 Å². The van der Waals surface area contributed by atoms with Crippen molar-refractivity contribution in [2.24, 2.45) is 11.8 Å². The molecule has 2 heterocycles. The molecule has 5 nitrogen and oxygen atoms in total. The van der Waals surface area contributed by atoms with Gasteiger partial charge in [-0.05, 0) is 57.0 Å². The van der Waals surface area contributed by atoms with Crippen molar-refractivity contribution in [3.05, 3.63) is 11.7 Å². The summed E-state index contributed by atoms with van der Waals surface area (Å²) >= 11 is 0. The van der Waals surface area contributed by atoms with Gasteiger partial charge in [-0.25, -0.2) is 0 Å². The summed E-state index contributed by atoms with van der Waals surface area (Å²) in [5.41, 5.74) is -0.317. The Bertz CT molecular complexity index is 432. The van der Waals surface area contributed by atoms with Gasteiger partial charge in [0.2, 0.25) is 11.7 Å².